The van der Waals surface area contributed by atoms with Gasteiger partial charge in [-0.2, -0.15) is 0 Å². The molecule has 8 atom stereocenters. The molecule has 2 aromatic rings. The van der Waals surface area contributed by atoms with Gasteiger partial charge in [-0.1, -0.05) is 48.0 Å². The Labute approximate surface area is 318 Å². The van der Waals surface area contributed by atoms with Crippen LogP contribution in [0.4, 0.5) is 0 Å². The first-order valence-corrected chi connectivity index (χ1v) is 26.0. The Hall–Kier alpha value is -2.26. The van der Waals surface area contributed by atoms with Gasteiger partial charge in [0.2, 0.25) is 0 Å². The zero-order chi connectivity index (χ0) is 40.0. The molecule has 3 aliphatic rings. The van der Waals surface area contributed by atoms with Crippen molar-refractivity contribution in [3.8, 4) is 0 Å². The normalized spacial score (nSPS) is 30.1. The lowest BCUT2D eigenvalue weighted by Gasteiger charge is -2.39. The zero-order valence-corrected chi connectivity index (χ0v) is 36.4. The van der Waals surface area contributed by atoms with Crippen molar-refractivity contribution in [2.75, 3.05) is 19.8 Å². The molecule has 3 fully saturated rings. The Morgan fingerprint density at radius 3 is 2.20 bits per heavy atom. The number of nitrogens with one attached hydrogen (secondary N) is 2. The molecule has 0 amide bonds. The summed E-state index contributed by atoms with van der Waals surface area (Å²) in [6.45, 7) is 22.7. The third-order valence-corrected chi connectivity index (χ3v) is 22.2. The second kappa shape index (κ2) is 15.9. The summed E-state index contributed by atoms with van der Waals surface area (Å²) >= 11 is 0. The Morgan fingerprint density at radius 1 is 0.889 bits per heavy atom. The fourth-order valence-corrected chi connectivity index (χ4v) is 10.2. The molecule has 0 radical (unpaired) electrons. The maximum Gasteiger partial charge on any atom is 0.475 e. The number of fused-ring (bicyclic) bond motifs is 1. The second-order valence-electron chi connectivity index (χ2n) is 17.7. The van der Waals surface area contributed by atoms with E-state index in [2.05, 4.69) is 77.7 Å². The van der Waals surface area contributed by atoms with E-state index in [0.29, 0.717) is 24.8 Å². The van der Waals surface area contributed by atoms with Crippen molar-refractivity contribution in [2.45, 2.75) is 147 Å². The summed E-state index contributed by atoms with van der Waals surface area (Å²) in [5.74, 6) is -0.475. The number of hydrogen-bond acceptors (Lipinski definition) is 12. The molecule has 5 heterocycles. The summed E-state index contributed by atoms with van der Waals surface area (Å²) < 4.78 is 62.2. The maximum absolute atomic E-state index is 14.7. The summed E-state index contributed by atoms with van der Waals surface area (Å²) in [4.78, 5) is 54.6. The van der Waals surface area contributed by atoms with Crippen molar-refractivity contribution in [3.05, 3.63) is 65.7 Å². The van der Waals surface area contributed by atoms with E-state index in [0.717, 1.165) is 0 Å². The molecular formula is C35H59N4O12PSi2. The Kier molecular flexibility index (Phi) is 12.7. The van der Waals surface area contributed by atoms with Gasteiger partial charge in [0.25, 0.3) is 11.1 Å². The van der Waals surface area contributed by atoms with Crippen LogP contribution in [0.1, 0.15) is 85.2 Å². The summed E-state index contributed by atoms with van der Waals surface area (Å²) in [7, 11) is -9.02. The van der Waals surface area contributed by atoms with Crippen LogP contribution in [0.5, 0.6) is 0 Å². The van der Waals surface area contributed by atoms with E-state index in [-0.39, 0.29) is 36.3 Å². The highest BCUT2D eigenvalue weighted by atomic mass is 31.2. The Morgan fingerprint density at radius 2 is 1.56 bits per heavy atom. The minimum absolute atomic E-state index is 0.0933. The molecule has 54 heavy (non-hydrogen) atoms. The number of rotatable bonds is 10. The van der Waals surface area contributed by atoms with Gasteiger partial charge in [0.05, 0.1) is 25.9 Å². The summed E-state index contributed by atoms with van der Waals surface area (Å²) in [5.41, 5.74) is -1.92. The van der Waals surface area contributed by atoms with Gasteiger partial charge in [0.15, 0.2) is 16.6 Å². The molecule has 0 unspecified atom stereocenters. The Balaban J connectivity index is 1.45. The number of aryl methyl sites for hydroxylation is 1. The summed E-state index contributed by atoms with van der Waals surface area (Å²) in [6.07, 6.45) is 0.256. The van der Waals surface area contributed by atoms with Gasteiger partial charge in [-0.3, -0.25) is 42.3 Å². The highest BCUT2D eigenvalue weighted by molar-refractivity contribution is 7.48. The molecule has 16 nitrogen and oxygen atoms in total. The van der Waals surface area contributed by atoms with Crippen LogP contribution in [-0.2, 0) is 36.5 Å². The van der Waals surface area contributed by atoms with Crippen LogP contribution in [0, 0.1) is 12.8 Å². The van der Waals surface area contributed by atoms with E-state index >= 15 is 0 Å². The van der Waals surface area contributed by atoms with Gasteiger partial charge in [-0.05, 0) is 56.0 Å². The molecular weight excluding hydrogens is 756 g/mol. The smallest absolute Gasteiger partial charge is 0.414 e. The van der Waals surface area contributed by atoms with E-state index in [1.807, 2.05) is 0 Å². The second-order valence-corrected chi connectivity index (χ2v) is 28.9. The van der Waals surface area contributed by atoms with Gasteiger partial charge >= 0.3 is 19.2 Å². The van der Waals surface area contributed by atoms with Gasteiger partial charge < -0.3 is 18.3 Å². The predicted octanol–water partition coefficient (Wildman–Crippen LogP) is 5.32. The molecule has 19 heteroatoms. The van der Waals surface area contributed by atoms with E-state index in [4.69, 9.17) is 31.9 Å². The summed E-state index contributed by atoms with van der Waals surface area (Å²) in [6, 6.07) is 1.26. The first kappa shape index (κ1) is 42.9. The molecule has 2 N–H and O–H groups in total. The molecule has 0 spiro atoms. The first-order valence-electron chi connectivity index (χ1n) is 18.8. The van der Waals surface area contributed by atoms with Crippen molar-refractivity contribution >= 4 is 24.5 Å². The van der Waals surface area contributed by atoms with Crippen LogP contribution >= 0.6 is 7.82 Å². The average Bonchev–Trinajstić information content (AvgIpc) is 3.61. The van der Waals surface area contributed by atoms with E-state index in [1.165, 1.54) is 27.6 Å². The SMILES string of the molecule is Cc1cn([C@H]2C[C@H](O[Si](C)(C)C(C)(C)C)[C@@H](CO[P@]3(=O)OCCCC[C@@H]4[C@H](O3)[C@@H](CO[Si](C)(C)C(C)(C)C)O[C@H]4n3ccc(=O)[nH]c3=O)O2)c(=O)[nH]c1=O. The largest absolute Gasteiger partial charge is 0.475 e. The van der Waals surface area contributed by atoms with E-state index < -0.39 is 89.7 Å². The molecule has 0 saturated carbocycles. The molecule has 304 valence electrons. The number of hydrogen-bond donors (Lipinski definition) is 2. The molecule has 3 saturated heterocycles. The highest BCUT2D eigenvalue weighted by Crippen LogP contribution is 2.56. The number of aromatic nitrogens is 4. The van der Waals surface area contributed by atoms with E-state index in [1.54, 1.807) is 6.92 Å². The van der Waals surface area contributed by atoms with Gasteiger partial charge in [0.1, 0.15) is 30.8 Å². The highest BCUT2D eigenvalue weighted by Gasteiger charge is 2.52. The average molecular weight is 815 g/mol. The molecule has 0 bridgehead atoms. The molecule has 0 aliphatic carbocycles. The summed E-state index contributed by atoms with van der Waals surface area (Å²) in [5, 5.41) is -0.260. The topological polar surface area (TPSA) is 191 Å². The standard InChI is InChI=1S/C35H59N4O12PSi2/c1-22-19-39(33(43)37-30(22)41)28-18-24(51-54(10,11)35(5,6)7)25(48-28)20-46-52(44)45-17-13-12-14-23-29(50-52)26(21-47-53(8,9)34(2,3)4)49-31(23)38-16-15-27(40)36-32(38)42/h15-16,19,23-26,28-29,31H,12-14,17-18,20-21H2,1-11H3,(H,36,40,42)(H,37,41,43)/t23-,24+,25-,26-,28-,29+,31-,52+/m1/s1. The number of ether oxygens (including phenoxy) is 2. The zero-order valence-electron chi connectivity index (χ0n) is 33.5. The van der Waals surface area contributed by atoms with Crippen molar-refractivity contribution in [2.24, 2.45) is 5.92 Å². The third-order valence-electron chi connectivity index (χ3n) is 11.7. The number of phosphoric acid groups is 1. The first-order chi connectivity index (χ1) is 24.9. The van der Waals surface area contributed by atoms with Crippen LogP contribution in [0.15, 0.2) is 37.6 Å². The van der Waals surface area contributed by atoms with Gasteiger partial charge in [-0.15, -0.1) is 0 Å². The molecule has 5 rings (SSSR count). The molecule has 0 aromatic carbocycles. The minimum Gasteiger partial charge on any atom is -0.414 e. The van der Waals surface area contributed by atoms with Crippen molar-refractivity contribution in [1.29, 1.82) is 0 Å². The number of aromatic amines is 2. The minimum atomic E-state index is -4.34. The van der Waals surface area contributed by atoms with Crippen LogP contribution in [-0.4, -0.2) is 80.0 Å². The third kappa shape index (κ3) is 9.47. The number of phosphoric ester groups is 1. The van der Waals surface area contributed by atoms with Crippen molar-refractivity contribution < 1.29 is 36.5 Å². The van der Waals surface area contributed by atoms with Crippen LogP contribution in [0.3, 0.4) is 0 Å². The van der Waals surface area contributed by atoms with Gasteiger partial charge in [0, 0.05) is 36.4 Å². The van der Waals surface area contributed by atoms with E-state index in [9.17, 15) is 23.7 Å². The lowest BCUT2D eigenvalue weighted by molar-refractivity contribution is -0.0582. The monoisotopic (exact) mass is 814 g/mol. The Bertz CT molecular complexity index is 1930. The molecule has 2 aromatic heterocycles. The fourth-order valence-electron chi connectivity index (χ4n) is 6.36. The fraction of sp³-hybridized carbons (Fsp3) is 0.771. The predicted molar refractivity (Wildman–Crippen MR) is 207 cm³/mol. The number of H-pyrrole nitrogens is 2. The lowest BCUT2D eigenvalue weighted by Crippen LogP contribution is -2.46. The van der Waals surface area contributed by atoms with Crippen LogP contribution < -0.4 is 22.5 Å². The van der Waals surface area contributed by atoms with Crippen LogP contribution in [0.2, 0.25) is 36.3 Å². The number of nitrogens with zero attached hydrogens (tertiary/aromatic N) is 2. The molecule has 3 aliphatic heterocycles. The quantitative estimate of drug-likeness (QED) is 0.232. The maximum atomic E-state index is 14.7. The van der Waals surface area contributed by atoms with Crippen molar-refractivity contribution in [3.63, 3.8) is 0 Å². The van der Waals surface area contributed by atoms with Gasteiger partial charge in [-0.25, -0.2) is 14.2 Å². The lowest BCUT2D eigenvalue weighted by atomic mass is 9.93. The van der Waals surface area contributed by atoms with Crippen LogP contribution in [0.25, 0.3) is 0 Å². The van der Waals surface area contributed by atoms with Crippen molar-refractivity contribution in [1.82, 2.24) is 19.1 Å².